The first-order valence-corrected chi connectivity index (χ1v) is 3.85. The molecule has 0 bridgehead atoms. The summed E-state index contributed by atoms with van der Waals surface area (Å²) in [7, 11) is 2.17. The van der Waals surface area contributed by atoms with Crippen LogP contribution in [0.3, 0.4) is 0 Å². The SMILES string of the molecule is C=CC[N+](C)(CC=C)CC=C.[I-]. The van der Waals surface area contributed by atoms with Crippen LogP contribution in [0.5, 0.6) is 0 Å². The molecule has 70 valence electrons. The lowest BCUT2D eigenvalue weighted by molar-refractivity contribution is -0.892. The van der Waals surface area contributed by atoms with Gasteiger partial charge in [0.15, 0.2) is 0 Å². The van der Waals surface area contributed by atoms with Gasteiger partial charge in [-0.1, -0.05) is 19.7 Å². The minimum absolute atomic E-state index is 0. The monoisotopic (exact) mass is 279 g/mol. The fourth-order valence-electron chi connectivity index (χ4n) is 1.16. The molecule has 0 unspecified atom stereocenters. The molecular formula is C10H18IN. The van der Waals surface area contributed by atoms with Crippen LogP contribution in [0.1, 0.15) is 0 Å². The van der Waals surface area contributed by atoms with Gasteiger partial charge in [0.2, 0.25) is 0 Å². The number of hydrogen-bond acceptors (Lipinski definition) is 0. The molecule has 0 spiro atoms. The minimum atomic E-state index is 0. The number of halogens is 1. The van der Waals surface area contributed by atoms with Crippen molar-refractivity contribution < 1.29 is 28.5 Å². The summed E-state index contributed by atoms with van der Waals surface area (Å²) in [5, 5.41) is 0. The van der Waals surface area contributed by atoms with E-state index in [1.165, 1.54) is 0 Å². The summed E-state index contributed by atoms with van der Waals surface area (Å²) in [4.78, 5) is 0. The van der Waals surface area contributed by atoms with Crippen molar-refractivity contribution in [3.63, 3.8) is 0 Å². The molecule has 0 aliphatic carbocycles. The molecule has 0 saturated carbocycles. The lowest BCUT2D eigenvalue weighted by Gasteiger charge is -2.30. The Hall–Kier alpha value is -0.0900. The van der Waals surface area contributed by atoms with Crippen molar-refractivity contribution in [1.82, 2.24) is 0 Å². The van der Waals surface area contributed by atoms with Crippen LogP contribution in [0.2, 0.25) is 0 Å². The van der Waals surface area contributed by atoms with Crippen LogP contribution in [0.4, 0.5) is 0 Å². The van der Waals surface area contributed by atoms with Crippen molar-refractivity contribution >= 4 is 0 Å². The topological polar surface area (TPSA) is 0 Å². The predicted octanol–water partition coefficient (Wildman–Crippen LogP) is -1.00. The lowest BCUT2D eigenvalue weighted by Crippen LogP contribution is -3.00. The number of quaternary nitrogens is 1. The van der Waals surface area contributed by atoms with Gasteiger partial charge in [-0.3, -0.25) is 0 Å². The maximum absolute atomic E-state index is 3.73. The highest BCUT2D eigenvalue weighted by molar-refractivity contribution is 4.74. The van der Waals surface area contributed by atoms with Crippen LogP contribution in [0, 0.1) is 0 Å². The molecule has 0 heterocycles. The maximum atomic E-state index is 3.73. The van der Waals surface area contributed by atoms with Crippen molar-refractivity contribution in [1.29, 1.82) is 0 Å². The van der Waals surface area contributed by atoms with Gasteiger partial charge in [-0.05, 0) is 18.2 Å². The van der Waals surface area contributed by atoms with E-state index in [2.05, 4.69) is 26.8 Å². The molecule has 0 atom stereocenters. The zero-order chi connectivity index (χ0) is 8.74. The van der Waals surface area contributed by atoms with Gasteiger partial charge in [-0.25, -0.2) is 0 Å². The Morgan fingerprint density at radius 1 is 0.917 bits per heavy atom. The van der Waals surface area contributed by atoms with E-state index in [-0.39, 0.29) is 24.0 Å². The van der Waals surface area contributed by atoms with E-state index in [9.17, 15) is 0 Å². The van der Waals surface area contributed by atoms with Gasteiger partial charge in [0, 0.05) is 0 Å². The van der Waals surface area contributed by atoms with E-state index in [0.717, 1.165) is 24.1 Å². The molecule has 0 aromatic rings. The van der Waals surface area contributed by atoms with Gasteiger partial charge in [0.1, 0.15) is 0 Å². The van der Waals surface area contributed by atoms with Gasteiger partial charge < -0.3 is 28.5 Å². The standard InChI is InChI=1S/C10H18N.HI/c1-5-8-11(4,9-6-2)10-7-3;/h5-7H,1-3,8-10H2,4H3;1H/q+1;/p-1. The Labute approximate surface area is 93.1 Å². The normalized spacial score (nSPS) is 9.75. The Bertz CT molecular complexity index is 125. The summed E-state index contributed by atoms with van der Waals surface area (Å²) in [5.74, 6) is 0. The molecule has 0 aliphatic rings. The van der Waals surface area contributed by atoms with Crippen LogP contribution in [0.25, 0.3) is 0 Å². The Morgan fingerprint density at radius 2 is 1.17 bits per heavy atom. The zero-order valence-corrected chi connectivity index (χ0v) is 9.96. The lowest BCUT2D eigenvalue weighted by atomic mass is 10.3. The molecule has 0 N–H and O–H groups in total. The van der Waals surface area contributed by atoms with Crippen LogP contribution in [-0.4, -0.2) is 31.2 Å². The van der Waals surface area contributed by atoms with Crippen LogP contribution in [0.15, 0.2) is 38.0 Å². The highest BCUT2D eigenvalue weighted by Gasteiger charge is 2.14. The largest absolute Gasteiger partial charge is 1.00 e. The van der Waals surface area contributed by atoms with Crippen molar-refractivity contribution in [3.05, 3.63) is 38.0 Å². The summed E-state index contributed by atoms with van der Waals surface area (Å²) in [5.41, 5.74) is 0. The van der Waals surface area contributed by atoms with E-state index >= 15 is 0 Å². The van der Waals surface area contributed by atoms with Gasteiger partial charge >= 0.3 is 0 Å². The fourth-order valence-corrected chi connectivity index (χ4v) is 1.16. The number of rotatable bonds is 6. The van der Waals surface area contributed by atoms with Gasteiger partial charge in [-0.2, -0.15) is 0 Å². The summed E-state index contributed by atoms with van der Waals surface area (Å²) in [6.45, 7) is 14.1. The first kappa shape index (κ1) is 14.4. The molecule has 1 nitrogen and oxygen atoms in total. The van der Waals surface area contributed by atoms with Crippen LogP contribution < -0.4 is 24.0 Å². The third-order valence-corrected chi connectivity index (χ3v) is 1.71. The molecule has 0 aromatic heterocycles. The summed E-state index contributed by atoms with van der Waals surface area (Å²) < 4.78 is 0.927. The van der Waals surface area contributed by atoms with Crippen LogP contribution in [-0.2, 0) is 0 Å². The molecule has 0 amide bonds. The maximum Gasteiger partial charge on any atom is 0.0973 e. The average molecular weight is 279 g/mol. The summed E-state index contributed by atoms with van der Waals surface area (Å²) in [6.07, 6.45) is 5.81. The summed E-state index contributed by atoms with van der Waals surface area (Å²) >= 11 is 0. The van der Waals surface area contributed by atoms with Gasteiger partial charge in [0.05, 0.1) is 26.7 Å². The molecule has 0 saturated heterocycles. The van der Waals surface area contributed by atoms with E-state index in [1.54, 1.807) is 0 Å². The Morgan fingerprint density at radius 3 is 1.33 bits per heavy atom. The first-order chi connectivity index (χ1) is 5.18. The average Bonchev–Trinajstić information content (AvgIpc) is 1.88. The zero-order valence-electron chi connectivity index (χ0n) is 7.80. The van der Waals surface area contributed by atoms with Crippen molar-refractivity contribution in [3.8, 4) is 0 Å². The summed E-state index contributed by atoms with van der Waals surface area (Å²) in [6, 6.07) is 0. The Balaban J connectivity index is 0. The second-order valence-electron chi connectivity index (χ2n) is 3.03. The van der Waals surface area contributed by atoms with E-state index in [1.807, 2.05) is 18.2 Å². The second-order valence-corrected chi connectivity index (χ2v) is 3.03. The third kappa shape index (κ3) is 5.55. The molecule has 0 fully saturated rings. The van der Waals surface area contributed by atoms with E-state index < -0.39 is 0 Å². The quantitative estimate of drug-likeness (QED) is 0.332. The molecular weight excluding hydrogens is 261 g/mol. The second kappa shape index (κ2) is 7.55. The molecule has 0 aromatic carbocycles. The molecule has 12 heavy (non-hydrogen) atoms. The minimum Gasteiger partial charge on any atom is -1.00 e. The molecule has 0 rings (SSSR count). The number of hydrogen-bond donors (Lipinski definition) is 0. The van der Waals surface area contributed by atoms with Crippen LogP contribution >= 0.6 is 0 Å². The Kier molecular flexibility index (Phi) is 9.09. The van der Waals surface area contributed by atoms with Gasteiger partial charge in [0.25, 0.3) is 0 Å². The third-order valence-electron chi connectivity index (χ3n) is 1.71. The molecule has 0 radical (unpaired) electrons. The number of likely N-dealkylation sites (N-methyl/N-ethyl adjacent to an activating group) is 1. The fraction of sp³-hybridized carbons (Fsp3) is 0.400. The van der Waals surface area contributed by atoms with E-state index in [0.29, 0.717) is 0 Å². The van der Waals surface area contributed by atoms with Gasteiger partial charge in [-0.15, -0.1) is 0 Å². The van der Waals surface area contributed by atoms with Crippen molar-refractivity contribution in [2.24, 2.45) is 0 Å². The predicted molar refractivity (Wildman–Crippen MR) is 51.4 cm³/mol. The van der Waals surface area contributed by atoms with E-state index in [4.69, 9.17) is 0 Å². The molecule has 2 heteroatoms. The van der Waals surface area contributed by atoms with Crippen molar-refractivity contribution in [2.75, 3.05) is 26.7 Å². The highest BCUT2D eigenvalue weighted by atomic mass is 127. The first-order valence-electron chi connectivity index (χ1n) is 3.85. The smallest absolute Gasteiger partial charge is 0.0973 e. The highest BCUT2D eigenvalue weighted by Crippen LogP contribution is 2.01. The number of nitrogens with zero attached hydrogens (tertiary/aromatic N) is 1. The molecule has 0 aliphatic heterocycles. The van der Waals surface area contributed by atoms with Crippen molar-refractivity contribution in [2.45, 2.75) is 0 Å².